The number of aliphatic carboxylic acids is 1. The Bertz CT molecular complexity index is 1410. The van der Waals surface area contributed by atoms with Crippen molar-refractivity contribution in [2.45, 2.75) is 114 Å². The molecule has 0 bridgehead atoms. The van der Waals surface area contributed by atoms with E-state index < -0.39 is 71.8 Å². The third-order valence-corrected chi connectivity index (χ3v) is 9.30. The molecule has 0 saturated carbocycles. The summed E-state index contributed by atoms with van der Waals surface area (Å²) in [7, 11) is 2.79. The molecule has 0 spiro atoms. The first-order chi connectivity index (χ1) is 25.1. The summed E-state index contributed by atoms with van der Waals surface area (Å²) in [5, 5.41) is 28.1. The van der Waals surface area contributed by atoms with Gasteiger partial charge in [-0.25, -0.2) is 4.79 Å². The second-order valence-corrected chi connectivity index (χ2v) is 14.1. The number of hydrogen-bond acceptors (Lipinski definition) is 10. The Kier molecular flexibility index (Phi) is 19.0. The van der Waals surface area contributed by atoms with Crippen LogP contribution in [0.15, 0.2) is 36.4 Å². The number of phenolic OH excluding ortho intramolecular Hbond substituents is 1. The van der Waals surface area contributed by atoms with E-state index in [2.05, 4.69) is 16.0 Å². The van der Waals surface area contributed by atoms with Crippen LogP contribution >= 0.6 is 0 Å². The number of carbonyl (C=O) groups is 6. The molecule has 11 N–H and O–H groups in total. The van der Waals surface area contributed by atoms with E-state index in [1.165, 1.54) is 31.1 Å². The maximum absolute atomic E-state index is 14.4. The number of aromatic hydroxyl groups is 1. The largest absolute Gasteiger partial charge is 0.508 e. The predicted molar refractivity (Wildman–Crippen MR) is 200 cm³/mol. The second kappa shape index (κ2) is 22.5. The molecule has 0 aromatic heterocycles. The molecule has 53 heavy (non-hydrogen) atoms. The van der Waals surface area contributed by atoms with E-state index in [-0.39, 0.29) is 50.2 Å². The van der Waals surface area contributed by atoms with Crippen LogP contribution in [0.3, 0.4) is 0 Å². The van der Waals surface area contributed by atoms with Gasteiger partial charge in [0, 0.05) is 20.5 Å². The summed E-state index contributed by atoms with van der Waals surface area (Å²) >= 11 is 0. The van der Waals surface area contributed by atoms with Crippen LogP contribution in [0.1, 0.15) is 77.2 Å². The number of likely N-dealkylation sites (N-methyl/N-ethyl adjacent to an activating group) is 2. The number of nitrogens with one attached hydrogen (secondary N) is 3. The molecule has 0 unspecified atom stereocenters. The fourth-order valence-corrected chi connectivity index (χ4v) is 6.05. The molecule has 1 aliphatic rings. The van der Waals surface area contributed by atoms with Gasteiger partial charge < -0.3 is 53.2 Å². The number of nitrogens with two attached hydrogens (primary N) is 3. The molecule has 1 aromatic carbocycles. The molecule has 296 valence electrons. The zero-order valence-corrected chi connectivity index (χ0v) is 31.5. The maximum atomic E-state index is 14.4. The predicted octanol–water partition coefficient (Wildman–Crippen LogP) is 0.109. The van der Waals surface area contributed by atoms with Crippen molar-refractivity contribution in [3.05, 3.63) is 42.0 Å². The van der Waals surface area contributed by atoms with Crippen molar-refractivity contribution in [3.8, 4) is 5.75 Å². The van der Waals surface area contributed by atoms with Gasteiger partial charge in [0.1, 0.15) is 36.0 Å². The third kappa shape index (κ3) is 14.4. The number of rotatable bonds is 17. The van der Waals surface area contributed by atoms with Crippen LogP contribution in [-0.2, 0) is 35.2 Å². The monoisotopic (exact) mass is 744 g/mol. The van der Waals surface area contributed by atoms with Crippen molar-refractivity contribution in [3.63, 3.8) is 0 Å². The SMILES string of the molecule is CC(C)C[C@@H](C(=O)O)N(C)C(=O)[C@H](Cc1ccc(O)cc1)N(C)C(=O)[C@@H]1C/C=C/C[C@H](N)C(=O)N[C@@H](CCCCN)C(=O)N[C@@H](CCCCN)C(=O)N1. The molecule has 0 fully saturated rings. The summed E-state index contributed by atoms with van der Waals surface area (Å²) in [4.78, 5) is 83.5. The first kappa shape index (κ1) is 44.6. The van der Waals surface area contributed by atoms with Crippen LogP contribution in [0.25, 0.3) is 0 Å². The number of carboxylic acids is 1. The Hall–Kier alpha value is -4.54. The van der Waals surface area contributed by atoms with Gasteiger partial charge in [-0.1, -0.05) is 38.1 Å². The molecule has 6 atom stereocenters. The highest BCUT2D eigenvalue weighted by atomic mass is 16.4. The molecular formula is C37H60N8O8. The molecule has 16 heteroatoms. The summed E-state index contributed by atoms with van der Waals surface area (Å²) < 4.78 is 0. The lowest BCUT2D eigenvalue weighted by molar-refractivity contribution is -0.154. The Labute approximate surface area is 312 Å². The highest BCUT2D eigenvalue weighted by Gasteiger charge is 2.38. The van der Waals surface area contributed by atoms with Gasteiger partial charge in [-0.15, -0.1) is 0 Å². The van der Waals surface area contributed by atoms with Crippen molar-refractivity contribution in [2.24, 2.45) is 23.1 Å². The van der Waals surface area contributed by atoms with Gasteiger partial charge in [0.25, 0.3) is 0 Å². The lowest BCUT2D eigenvalue weighted by atomic mass is 9.98. The zero-order valence-electron chi connectivity index (χ0n) is 31.5. The number of carbonyl (C=O) groups excluding carboxylic acids is 5. The van der Waals surface area contributed by atoms with Crippen LogP contribution in [0.5, 0.6) is 5.75 Å². The summed E-state index contributed by atoms with van der Waals surface area (Å²) in [6.07, 6.45) is 6.09. The van der Waals surface area contributed by atoms with Gasteiger partial charge in [-0.3, -0.25) is 24.0 Å². The highest BCUT2D eigenvalue weighted by Crippen LogP contribution is 2.19. The van der Waals surface area contributed by atoms with Crippen LogP contribution in [0, 0.1) is 5.92 Å². The summed E-state index contributed by atoms with van der Waals surface area (Å²) in [6.45, 7) is 4.44. The third-order valence-electron chi connectivity index (χ3n) is 9.30. The number of benzene rings is 1. The Balaban J connectivity index is 2.54. The van der Waals surface area contributed by atoms with Gasteiger partial charge in [-0.05, 0) is 94.5 Å². The fourth-order valence-electron chi connectivity index (χ4n) is 6.05. The molecular weight excluding hydrogens is 684 g/mol. The number of phenols is 1. The van der Waals surface area contributed by atoms with E-state index >= 15 is 0 Å². The molecule has 2 rings (SSSR count). The van der Waals surface area contributed by atoms with Crippen molar-refractivity contribution in [1.82, 2.24) is 25.8 Å². The second-order valence-electron chi connectivity index (χ2n) is 14.1. The minimum atomic E-state index is -1.22. The average Bonchev–Trinajstić information content (AvgIpc) is 3.12. The molecule has 0 radical (unpaired) electrons. The molecule has 0 saturated heterocycles. The highest BCUT2D eigenvalue weighted by molar-refractivity contribution is 5.96. The number of carboxylic acid groups (broad SMARTS) is 1. The van der Waals surface area contributed by atoms with E-state index in [1.807, 2.05) is 13.8 Å². The van der Waals surface area contributed by atoms with Crippen LogP contribution in [0.4, 0.5) is 0 Å². The van der Waals surface area contributed by atoms with Crippen molar-refractivity contribution < 1.29 is 39.0 Å². The van der Waals surface area contributed by atoms with Crippen molar-refractivity contribution in [2.75, 3.05) is 27.2 Å². The maximum Gasteiger partial charge on any atom is 0.326 e. The zero-order chi connectivity index (χ0) is 39.7. The molecule has 0 aliphatic carbocycles. The quantitative estimate of drug-likeness (QED) is 0.0784. The van der Waals surface area contributed by atoms with Crippen LogP contribution in [-0.4, -0.2) is 119 Å². The Morgan fingerprint density at radius 3 is 1.85 bits per heavy atom. The first-order valence-electron chi connectivity index (χ1n) is 18.4. The molecule has 1 aromatic rings. The lowest BCUT2D eigenvalue weighted by Gasteiger charge is -2.35. The number of nitrogens with zero attached hydrogens (tertiary/aromatic N) is 2. The lowest BCUT2D eigenvalue weighted by Crippen LogP contribution is -2.60. The van der Waals surface area contributed by atoms with E-state index in [0.29, 0.717) is 44.3 Å². The van der Waals surface area contributed by atoms with Crippen molar-refractivity contribution >= 4 is 35.5 Å². The summed E-state index contributed by atoms with van der Waals surface area (Å²) in [5.74, 6) is -4.29. The topological polar surface area (TPSA) is 264 Å². The van der Waals surface area contributed by atoms with Gasteiger partial charge >= 0.3 is 5.97 Å². The Morgan fingerprint density at radius 2 is 1.32 bits per heavy atom. The minimum Gasteiger partial charge on any atom is -0.508 e. The minimum absolute atomic E-state index is 0.00228. The van der Waals surface area contributed by atoms with Crippen LogP contribution in [0.2, 0.25) is 0 Å². The molecule has 1 aliphatic heterocycles. The van der Waals surface area contributed by atoms with Crippen LogP contribution < -0.4 is 33.2 Å². The summed E-state index contributed by atoms with van der Waals surface area (Å²) in [5.41, 5.74) is 18.1. The van der Waals surface area contributed by atoms with Crippen molar-refractivity contribution in [1.29, 1.82) is 0 Å². The van der Waals surface area contributed by atoms with Gasteiger partial charge in [0.05, 0.1) is 6.04 Å². The number of amides is 5. The van der Waals surface area contributed by atoms with E-state index in [9.17, 15) is 39.0 Å². The average molecular weight is 745 g/mol. The first-order valence-corrected chi connectivity index (χ1v) is 18.4. The van der Waals surface area contributed by atoms with Gasteiger partial charge in [0.2, 0.25) is 29.5 Å². The van der Waals surface area contributed by atoms with Gasteiger partial charge in [-0.2, -0.15) is 0 Å². The van der Waals surface area contributed by atoms with E-state index in [0.717, 1.165) is 4.90 Å². The molecule has 1 heterocycles. The fraction of sp³-hybridized carbons (Fsp3) is 0.622. The number of unbranched alkanes of at least 4 members (excludes halogenated alkanes) is 2. The number of hydrogen-bond donors (Lipinski definition) is 8. The Morgan fingerprint density at radius 1 is 0.792 bits per heavy atom. The van der Waals surface area contributed by atoms with E-state index in [1.54, 1.807) is 24.3 Å². The smallest absolute Gasteiger partial charge is 0.326 e. The molecule has 5 amide bonds. The summed E-state index contributed by atoms with van der Waals surface area (Å²) in [6, 6.07) is -0.575. The molecule has 16 nitrogen and oxygen atoms in total. The van der Waals surface area contributed by atoms with Gasteiger partial charge in [0.15, 0.2) is 0 Å². The van der Waals surface area contributed by atoms with E-state index in [4.69, 9.17) is 17.2 Å². The standard InChI is InChI=1S/C37H60N8O8/c1-23(2)21-31(37(52)53)45(4)36(51)30(22-24-15-17-25(46)18-16-24)44(3)35(50)29-14-6-5-11-26(40)32(47)41-27(12-7-9-19-38)33(48)42-28(34(49)43-29)13-8-10-20-39/h5-6,15-18,23,26-31,46H,7-14,19-22,38-40H2,1-4H3,(H,41,47)(H,42,48)(H,43,49)(H,52,53)/b6-5+/t26-,27-,28-,29-,30-,31-/m0/s1. The normalized spacial score (nSPS) is 21.7.